The van der Waals surface area contributed by atoms with Crippen LogP contribution in [0.3, 0.4) is 0 Å². The highest BCUT2D eigenvalue weighted by atomic mass is 16.5. The number of methoxy groups -OCH3 is 2. The van der Waals surface area contributed by atoms with E-state index in [4.69, 9.17) is 9.47 Å². The second-order valence-electron chi connectivity index (χ2n) is 6.98. The molecule has 0 aliphatic heterocycles. The molecule has 0 aliphatic carbocycles. The number of benzene rings is 3. The molecule has 6 nitrogen and oxygen atoms in total. The Morgan fingerprint density at radius 1 is 0.871 bits per heavy atom. The van der Waals surface area contributed by atoms with Gasteiger partial charge in [-0.3, -0.25) is 4.79 Å². The average Bonchev–Trinajstić information content (AvgIpc) is 2.81. The molecule has 1 amide bonds. The number of carbonyl (C=O) groups excluding carboxylic acids is 1. The van der Waals surface area contributed by atoms with Crippen LogP contribution in [-0.4, -0.2) is 31.2 Å². The Morgan fingerprint density at radius 2 is 1.55 bits per heavy atom. The molecular formula is C25H25NO5. The van der Waals surface area contributed by atoms with Crippen LogP contribution in [0.15, 0.2) is 66.7 Å². The van der Waals surface area contributed by atoms with E-state index in [2.05, 4.69) is 0 Å². The number of aryl methyl sites for hydroxylation is 1. The number of para-hydroxylation sites is 1. The molecule has 1 N–H and O–H groups in total. The van der Waals surface area contributed by atoms with E-state index in [0.29, 0.717) is 22.6 Å². The van der Waals surface area contributed by atoms with E-state index in [1.54, 1.807) is 35.2 Å². The highest BCUT2D eigenvalue weighted by molar-refractivity contribution is 6.07. The third-order valence-corrected chi connectivity index (χ3v) is 5.02. The smallest absolute Gasteiger partial charge is 0.335 e. The summed E-state index contributed by atoms with van der Waals surface area (Å²) in [6, 6.07) is 19.4. The average molecular weight is 419 g/mol. The van der Waals surface area contributed by atoms with Gasteiger partial charge in [0.25, 0.3) is 5.91 Å². The van der Waals surface area contributed by atoms with Gasteiger partial charge in [0.2, 0.25) is 0 Å². The maximum Gasteiger partial charge on any atom is 0.335 e. The number of hydrogen-bond donors (Lipinski definition) is 1. The van der Waals surface area contributed by atoms with E-state index in [1.165, 1.54) is 20.3 Å². The van der Waals surface area contributed by atoms with Gasteiger partial charge in [-0.2, -0.15) is 0 Å². The molecule has 0 radical (unpaired) electrons. The maximum atomic E-state index is 13.7. The maximum absolute atomic E-state index is 13.7. The number of carboxylic acid groups (broad SMARTS) is 1. The van der Waals surface area contributed by atoms with Gasteiger partial charge >= 0.3 is 5.97 Å². The quantitative estimate of drug-likeness (QED) is 0.567. The fourth-order valence-corrected chi connectivity index (χ4v) is 3.41. The molecule has 0 atom stereocenters. The molecule has 0 spiro atoms. The normalized spacial score (nSPS) is 10.4. The number of carboxylic acids is 1. The lowest BCUT2D eigenvalue weighted by atomic mass is 10.1. The van der Waals surface area contributed by atoms with Crippen LogP contribution < -0.4 is 14.4 Å². The zero-order valence-electron chi connectivity index (χ0n) is 17.8. The Labute approximate surface area is 181 Å². The number of rotatable bonds is 8. The summed E-state index contributed by atoms with van der Waals surface area (Å²) in [5, 5.41) is 9.34. The molecule has 0 bridgehead atoms. The predicted octanol–water partition coefficient (Wildman–Crippen LogP) is 4.81. The Hall–Kier alpha value is -3.80. The van der Waals surface area contributed by atoms with Crippen molar-refractivity contribution < 1.29 is 24.2 Å². The number of nitrogens with zero attached hydrogens (tertiary/aromatic N) is 1. The van der Waals surface area contributed by atoms with E-state index in [9.17, 15) is 14.7 Å². The first kappa shape index (κ1) is 21.9. The zero-order chi connectivity index (χ0) is 22.4. The number of aromatic carboxylic acids is 1. The minimum Gasteiger partial charge on any atom is -0.497 e. The van der Waals surface area contributed by atoms with E-state index in [0.717, 1.165) is 17.7 Å². The molecule has 6 heteroatoms. The number of ether oxygens (including phenoxy) is 2. The van der Waals surface area contributed by atoms with E-state index in [1.807, 2.05) is 37.3 Å². The van der Waals surface area contributed by atoms with Crippen molar-refractivity contribution in [2.24, 2.45) is 0 Å². The fourth-order valence-electron chi connectivity index (χ4n) is 3.41. The van der Waals surface area contributed by atoms with Gasteiger partial charge in [-0.15, -0.1) is 0 Å². The van der Waals surface area contributed by atoms with Gasteiger partial charge in [0.1, 0.15) is 11.5 Å². The van der Waals surface area contributed by atoms with Crippen molar-refractivity contribution in [1.82, 2.24) is 0 Å². The van der Waals surface area contributed by atoms with Crippen molar-refractivity contribution in [3.8, 4) is 11.5 Å². The standard InChI is InChI=1S/C25H25NO5/c1-4-18-9-5-6-11-23(18)26(16-17-8-7-10-19(12-17)25(28)29)24(27)20-13-21(30-2)15-22(14-20)31-3/h5-15H,4,16H2,1-3H3,(H,28,29). The van der Waals surface area contributed by atoms with E-state index in [-0.39, 0.29) is 18.0 Å². The SMILES string of the molecule is CCc1ccccc1N(Cc1cccc(C(=O)O)c1)C(=O)c1cc(OC)cc(OC)c1. The molecule has 3 aromatic rings. The number of amides is 1. The third-order valence-electron chi connectivity index (χ3n) is 5.02. The van der Waals surface area contributed by atoms with Gasteiger partial charge in [0.05, 0.1) is 26.3 Å². The molecule has 0 fully saturated rings. The number of carbonyl (C=O) groups is 2. The lowest BCUT2D eigenvalue weighted by Crippen LogP contribution is -2.31. The molecule has 3 rings (SSSR count). The third kappa shape index (κ3) is 5.04. The summed E-state index contributed by atoms with van der Waals surface area (Å²) in [7, 11) is 3.06. The first-order chi connectivity index (χ1) is 15.0. The van der Waals surface area contributed by atoms with Gasteiger partial charge < -0.3 is 19.5 Å². The molecular weight excluding hydrogens is 394 g/mol. The lowest BCUT2D eigenvalue weighted by molar-refractivity contribution is 0.0696. The summed E-state index contributed by atoms with van der Waals surface area (Å²) in [6.07, 6.45) is 0.747. The van der Waals surface area contributed by atoms with Crippen LogP contribution in [0.4, 0.5) is 5.69 Å². The Balaban J connectivity index is 2.09. The zero-order valence-corrected chi connectivity index (χ0v) is 17.8. The van der Waals surface area contributed by atoms with E-state index < -0.39 is 5.97 Å². The first-order valence-corrected chi connectivity index (χ1v) is 9.92. The summed E-state index contributed by atoms with van der Waals surface area (Å²) < 4.78 is 10.6. The Kier molecular flexibility index (Phi) is 6.92. The predicted molar refractivity (Wildman–Crippen MR) is 119 cm³/mol. The monoisotopic (exact) mass is 419 g/mol. The summed E-state index contributed by atoms with van der Waals surface area (Å²) in [5.74, 6) is -0.219. The van der Waals surface area contributed by atoms with Crippen molar-refractivity contribution in [3.63, 3.8) is 0 Å². The van der Waals surface area contributed by atoms with Gasteiger partial charge in [-0.25, -0.2) is 4.79 Å². The van der Waals surface area contributed by atoms with Gasteiger partial charge in [0.15, 0.2) is 0 Å². The fraction of sp³-hybridized carbons (Fsp3) is 0.200. The molecule has 0 aromatic heterocycles. The minimum absolute atomic E-state index is 0.178. The van der Waals surface area contributed by atoms with Crippen molar-refractivity contribution in [2.45, 2.75) is 19.9 Å². The van der Waals surface area contributed by atoms with Crippen molar-refractivity contribution in [1.29, 1.82) is 0 Å². The second-order valence-corrected chi connectivity index (χ2v) is 6.98. The van der Waals surface area contributed by atoms with Crippen LogP contribution in [-0.2, 0) is 13.0 Å². The lowest BCUT2D eigenvalue weighted by Gasteiger charge is -2.26. The van der Waals surface area contributed by atoms with Crippen molar-refractivity contribution in [2.75, 3.05) is 19.1 Å². The van der Waals surface area contributed by atoms with Crippen molar-refractivity contribution >= 4 is 17.6 Å². The van der Waals surface area contributed by atoms with Crippen LogP contribution >= 0.6 is 0 Å². The minimum atomic E-state index is -1.01. The largest absolute Gasteiger partial charge is 0.497 e. The molecule has 0 unspecified atom stereocenters. The Morgan fingerprint density at radius 3 is 2.16 bits per heavy atom. The summed E-state index contributed by atoms with van der Waals surface area (Å²) >= 11 is 0. The van der Waals surface area contributed by atoms with Crippen LogP contribution in [0.25, 0.3) is 0 Å². The number of hydrogen-bond acceptors (Lipinski definition) is 4. The van der Waals surface area contributed by atoms with Crippen LogP contribution in [0, 0.1) is 0 Å². The molecule has 0 aliphatic rings. The topological polar surface area (TPSA) is 76.1 Å². The highest BCUT2D eigenvalue weighted by Crippen LogP contribution is 2.28. The molecule has 3 aromatic carbocycles. The number of anilines is 1. The molecule has 31 heavy (non-hydrogen) atoms. The van der Waals surface area contributed by atoms with Crippen LogP contribution in [0.5, 0.6) is 11.5 Å². The summed E-state index contributed by atoms with van der Waals surface area (Å²) in [5.41, 5.74) is 3.10. The van der Waals surface area contributed by atoms with Gasteiger partial charge in [0, 0.05) is 17.3 Å². The summed E-state index contributed by atoms with van der Waals surface area (Å²) in [4.78, 5) is 26.7. The molecule has 0 saturated carbocycles. The molecule has 0 heterocycles. The van der Waals surface area contributed by atoms with Gasteiger partial charge in [-0.05, 0) is 47.9 Å². The van der Waals surface area contributed by atoms with Crippen molar-refractivity contribution in [3.05, 3.63) is 89.0 Å². The van der Waals surface area contributed by atoms with Crippen LogP contribution in [0.2, 0.25) is 0 Å². The van der Waals surface area contributed by atoms with Gasteiger partial charge in [-0.1, -0.05) is 37.3 Å². The van der Waals surface area contributed by atoms with E-state index >= 15 is 0 Å². The summed E-state index contributed by atoms with van der Waals surface area (Å²) in [6.45, 7) is 2.25. The molecule has 160 valence electrons. The first-order valence-electron chi connectivity index (χ1n) is 9.92. The molecule has 0 saturated heterocycles. The Bertz CT molecular complexity index is 1070. The second kappa shape index (κ2) is 9.80. The highest BCUT2D eigenvalue weighted by Gasteiger charge is 2.22. The van der Waals surface area contributed by atoms with Crippen LogP contribution in [0.1, 0.15) is 38.8 Å².